The Morgan fingerprint density at radius 3 is 1.43 bits per heavy atom. The lowest BCUT2D eigenvalue weighted by atomic mass is 10.0. The van der Waals surface area contributed by atoms with Crippen LogP contribution in [0.2, 0.25) is 0 Å². The first kappa shape index (κ1) is 52.1. The quantitative estimate of drug-likeness (QED) is 0.0151. The molecule has 0 spiro atoms. The van der Waals surface area contributed by atoms with E-state index in [9.17, 15) is 18.9 Å². The van der Waals surface area contributed by atoms with Crippen LogP contribution in [-0.2, 0) is 42.5 Å². The molecule has 0 fully saturated rings. The van der Waals surface area contributed by atoms with E-state index in [0.717, 1.165) is 51.4 Å². The van der Waals surface area contributed by atoms with Crippen molar-refractivity contribution in [2.45, 2.75) is 219 Å². The van der Waals surface area contributed by atoms with Crippen LogP contribution in [0.3, 0.4) is 0 Å². The van der Waals surface area contributed by atoms with Gasteiger partial charge in [0.2, 0.25) is 0 Å². The van der Waals surface area contributed by atoms with Crippen molar-refractivity contribution in [2.24, 2.45) is 5.73 Å². The molecule has 12 heteroatoms. The van der Waals surface area contributed by atoms with Crippen molar-refractivity contribution in [1.82, 2.24) is 0 Å². The van der Waals surface area contributed by atoms with E-state index in [-0.39, 0.29) is 32.0 Å². The third kappa shape index (κ3) is 38.4. The minimum Gasteiger partial charge on any atom is -0.480 e. The monoisotopic (exact) mass is 789 g/mol. The van der Waals surface area contributed by atoms with Gasteiger partial charge in [-0.1, -0.05) is 167 Å². The molecule has 0 saturated carbocycles. The number of allylic oxidation sites excluding steroid dienone is 2. The number of carboxylic acid groups (broad SMARTS) is 1. The van der Waals surface area contributed by atoms with Crippen LogP contribution in [0, 0.1) is 0 Å². The summed E-state index contributed by atoms with van der Waals surface area (Å²) in [5, 5.41) is 8.82. The minimum atomic E-state index is -2.83. The van der Waals surface area contributed by atoms with Crippen LogP contribution in [0.15, 0.2) is 12.2 Å². The Bertz CT molecular complexity index is 935. The zero-order valence-electron chi connectivity index (χ0n) is 34.3. The van der Waals surface area contributed by atoms with Crippen LogP contribution in [0.25, 0.3) is 0 Å². The third-order valence-electron chi connectivity index (χ3n) is 9.40. The molecule has 0 aliphatic heterocycles. The molecule has 0 aromatic heterocycles. The SMILES string of the molecule is CCCCCCCC/C=C\CCCCCCCC(=O)OC(COO[P+](=O)OC[C@H](N)C(=O)O)COC(=O)CCCCCCCCCCCCCCCCC. The highest BCUT2D eigenvalue weighted by Crippen LogP contribution is 2.24. The molecule has 0 heterocycles. The van der Waals surface area contributed by atoms with Gasteiger partial charge in [-0.05, 0) is 38.5 Å². The van der Waals surface area contributed by atoms with Crippen LogP contribution >= 0.6 is 8.25 Å². The lowest BCUT2D eigenvalue weighted by Crippen LogP contribution is -2.34. The maximum absolute atomic E-state index is 12.6. The summed E-state index contributed by atoms with van der Waals surface area (Å²) in [6.45, 7) is 3.36. The molecule has 0 amide bonds. The first-order valence-corrected chi connectivity index (χ1v) is 22.8. The molecule has 0 radical (unpaired) electrons. The van der Waals surface area contributed by atoms with Crippen LogP contribution in [0.5, 0.6) is 0 Å². The largest absolute Gasteiger partial charge is 0.728 e. The van der Waals surface area contributed by atoms with E-state index in [0.29, 0.717) is 6.42 Å². The summed E-state index contributed by atoms with van der Waals surface area (Å²) in [6.07, 6.45) is 37.7. The predicted octanol–water partition coefficient (Wildman–Crippen LogP) is 11.8. The van der Waals surface area contributed by atoms with Gasteiger partial charge in [0.15, 0.2) is 6.10 Å². The second-order valence-electron chi connectivity index (χ2n) is 14.7. The average Bonchev–Trinajstić information content (AvgIpc) is 3.15. The summed E-state index contributed by atoms with van der Waals surface area (Å²) >= 11 is 0. The normalized spacial score (nSPS) is 12.9. The second-order valence-corrected chi connectivity index (χ2v) is 15.5. The Morgan fingerprint density at radius 2 is 0.981 bits per heavy atom. The van der Waals surface area contributed by atoms with E-state index in [2.05, 4.69) is 30.7 Å². The molecule has 0 saturated heterocycles. The summed E-state index contributed by atoms with van der Waals surface area (Å²) in [5.41, 5.74) is 5.32. The number of esters is 2. The van der Waals surface area contributed by atoms with Gasteiger partial charge in [-0.15, -0.1) is 4.52 Å². The number of carbonyl (C=O) groups excluding carboxylic acids is 2. The number of hydrogen-bond donors (Lipinski definition) is 2. The number of rotatable bonds is 42. The first-order valence-electron chi connectivity index (χ1n) is 21.7. The Morgan fingerprint density at radius 1 is 0.574 bits per heavy atom. The Kier molecular flexibility index (Phi) is 39.3. The number of nitrogens with two attached hydrogens (primary N) is 1. The molecule has 11 nitrogen and oxygen atoms in total. The standard InChI is InChI=1S/C42H78NO10P/c1-3-5-7-9-11-13-15-17-19-21-23-25-27-29-31-33-40(44)49-35-38(36-50-53-54(48)51-37-39(43)42(46)47)52-41(45)34-32-30-28-26-24-22-20-18-16-14-12-10-8-6-4-2/h18,20,38-39H,3-17,19,21-37,43H2,1-2H3/p+1/b20-18-/t38?,39-/m0/s1. The van der Waals surface area contributed by atoms with Crippen LogP contribution in [-0.4, -0.2) is 55.0 Å². The van der Waals surface area contributed by atoms with Crippen molar-refractivity contribution in [3.63, 3.8) is 0 Å². The van der Waals surface area contributed by atoms with Crippen molar-refractivity contribution < 1.29 is 47.6 Å². The molecule has 0 aliphatic carbocycles. The molecular weight excluding hydrogens is 709 g/mol. The highest BCUT2D eigenvalue weighted by molar-refractivity contribution is 7.33. The fourth-order valence-corrected chi connectivity index (χ4v) is 6.46. The van der Waals surface area contributed by atoms with Gasteiger partial charge in [-0.2, -0.15) is 4.89 Å². The summed E-state index contributed by atoms with van der Waals surface area (Å²) in [6, 6.07) is -1.37. The van der Waals surface area contributed by atoms with Gasteiger partial charge in [0.25, 0.3) is 0 Å². The van der Waals surface area contributed by atoms with Gasteiger partial charge in [0.05, 0.1) is 4.67 Å². The molecule has 2 unspecified atom stereocenters. The van der Waals surface area contributed by atoms with Gasteiger partial charge >= 0.3 is 26.2 Å². The van der Waals surface area contributed by atoms with Crippen molar-refractivity contribution in [3.05, 3.63) is 12.2 Å². The van der Waals surface area contributed by atoms with Crippen LogP contribution in [0.1, 0.15) is 206 Å². The highest BCUT2D eigenvalue weighted by atomic mass is 31.1. The molecule has 3 atom stereocenters. The number of hydrogen-bond acceptors (Lipinski definition) is 10. The highest BCUT2D eigenvalue weighted by Gasteiger charge is 2.28. The maximum Gasteiger partial charge on any atom is 0.728 e. The fourth-order valence-electron chi connectivity index (χ4n) is 5.98. The Hall–Kier alpha value is -1.91. The molecule has 316 valence electrons. The molecule has 0 bridgehead atoms. The topological polar surface area (TPSA) is 161 Å². The van der Waals surface area contributed by atoms with E-state index in [4.69, 9.17) is 29.7 Å². The molecule has 0 aromatic rings. The van der Waals surface area contributed by atoms with Crippen molar-refractivity contribution >= 4 is 26.2 Å². The summed E-state index contributed by atoms with van der Waals surface area (Å²) < 4.78 is 32.1. The Labute approximate surface area is 329 Å². The van der Waals surface area contributed by atoms with Crippen molar-refractivity contribution in [1.29, 1.82) is 0 Å². The molecular formula is C42H79NO10P+. The van der Waals surface area contributed by atoms with Crippen LogP contribution in [0.4, 0.5) is 0 Å². The number of carboxylic acids is 1. The fraction of sp³-hybridized carbons (Fsp3) is 0.881. The van der Waals surface area contributed by atoms with Gasteiger partial charge in [0.1, 0.15) is 25.9 Å². The smallest absolute Gasteiger partial charge is 0.480 e. The number of ether oxygens (including phenoxy) is 2. The minimum absolute atomic E-state index is 0.215. The zero-order valence-corrected chi connectivity index (χ0v) is 35.2. The summed E-state index contributed by atoms with van der Waals surface area (Å²) in [4.78, 5) is 40.7. The second kappa shape index (κ2) is 40.7. The summed E-state index contributed by atoms with van der Waals surface area (Å²) in [5.74, 6) is -2.16. The van der Waals surface area contributed by atoms with Crippen molar-refractivity contribution in [2.75, 3.05) is 19.8 Å². The van der Waals surface area contributed by atoms with Gasteiger partial charge in [-0.25, -0.2) is 0 Å². The third-order valence-corrected chi connectivity index (χ3v) is 9.99. The molecule has 54 heavy (non-hydrogen) atoms. The Balaban J connectivity index is 4.27. The van der Waals surface area contributed by atoms with E-state index in [1.807, 2.05) is 0 Å². The molecule has 0 aliphatic rings. The molecule has 0 aromatic carbocycles. The van der Waals surface area contributed by atoms with Crippen molar-refractivity contribution in [3.8, 4) is 0 Å². The summed E-state index contributed by atoms with van der Waals surface area (Å²) in [7, 11) is -2.83. The van der Waals surface area contributed by atoms with E-state index >= 15 is 0 Å². The van der Waals surface area contributed by atoms with E-state index in [1.165, 1.54) is 122 Å². The van der Waals surface area contributed by atoms with E-state index in [1.54, 1.807) is 0 Å². The molecule has 3 N–H and O–H groups in total. The number of carbonyl (C=O) groups is 3. The maximum atomic E-state index is 12.6. The lowest BCUT2D eigenvalue weighted by molar-refractivity contribution is -0.234. The van der Waals surface area contributed by atoms with E-state index < -0.39 is 38.9 Å². The van der Waals surface area contributed by atoms with Crippen LogP contribution < -0.4 is 5.73 Å². The zero-order chi connectivity index (χ0) is 39.7. The lowest BCUT2D eigenvalue weighted by Gasteiger charge is -2.16. The average molecular weight is 789 g/mol. The van der Waals surface area contributed by atoms with Gasteiger partial charge in [0, 0.05) is 17.4 Å². The number of unbranched alkanes of at least 4 members (excludes halogenated alkanes) is 25. The predicted molar refractivity (Wildman–Crippen MR) is 216 cm³/mol. The van der Waals surface area contributed by atoms with Gasteiger partial charge < -0.3 is 20.3 Å². The first-order chi connectivity index (χ1) is 26.3. The van der Waals surface area contributed by atoms with Gasteiger partial charge in [-0.3, -0.25) is 14.4 Å². The number of aliphatic carboxylic acids is 1. The molecule has 0 rings (SSSR count).